The quantitative estimate of drug-likeness (QED) is 0.147. The number of nitrogens with zero attached hydrogens (tertiary/aromatic N) is 2. The Morgan fingerprint density at radius 3 is 1.34 bits per heavy atom. The molecule has 0 amide bonds. The Kier molecular flexibility index (Phi) is 4.75. The summed E-state index contributed by atoms with van der Waals surface area (Å²) in [7, 11) is 0. The normalized spacial score (nSPS) is 12.1. The number of hydrogen-bond donors (Lipinski definition) is 0. The van der Waals surface area contributed by atoms with Crippen molar-refractivity contribution in [1.29, 1.82) is 0 Å². The molecule has 8 aromatic carbocycles. The molecule has 0 saturated carbocycles. The minimum Gasteiger partial charge on any atom is -0.309 e. The maximum absolute atomic E-state index is 2.48. The van der Waals surface area contributed by atoms with Gasteiger partial charge >= 0.3 is 0 Å². The highest BCUT2D eigenvalue weighted by molar-refractivity contribution is 6.20. The van der Waals surface area contributed by atoms with E-state index < -0.39 is 0 Å². The lowest BCUT2D eigenvalue weighted by Crippen LogP contribution is -1.98. The first-order chi connectivity index (χ1) is 21.8. The second-order valence-electron chi connectivity index (χ2n) is 11.8. The molecule has 0 unspecified atom stereocenters. The average Bonchev–Trinajstić information content (AvgIpc) is 3.60. The zero-order valence-corrected chi connectivity index (χ0v) is 23.9. The molecule has 0 fully saturated rings. The van der Waals surface area contributed by atoms with E-state index in [0.29, 0.717) is 0 Å². The van der Waals surface area contributed by atoms with Crippen LogP contribution in [0.5, 0.6) is 0 Å². The van der Waals surface area contributed by atoms with Gasteiger partial charge in [-0.15, -0.1) is 0 Å². The van der Waals surface area contributed by atoms with Gasteiger partial charge in [-0.3, -0.25) is 0 Å². The standard InChI is InChI=1S/C42H26N2/c1-2-12-30-28(11-1)25-37-35(42(30)44-40-19-9-5-15-33(40)34-16-6-10-20-41(34)44)24-22-27-21-23-29(26-36(27)37)43-38-17-7-3-13-31(38)32-14-4-8-18-39(32)43/h1-26H. The van der Waals surface area contributed by atoms with Gasteiger partial charge in [0.15, 0.2) is 0 Å². The molecule has 0 aliphatic heterocycles. The van der Waals surface area contributed by atoms with Gasteiger partial charge in [0, 0.05) is 38.0 Å². The zero-order chi connectivity index (χ0) is 28.8. The fourth-order valence-electron chi connectivity index (χ4n) is 7.58. The van der Waals surface area contributed by atoms with E-state index in [2.05, 4.69) is 167 Å². The maximum Gasteiger partial charge on any atom is 0.0619 e. The molecule has 0 aliphatic carbocycles. The van der Waals surface area contributed by atoms with Crippen molar-refractivity contribution in [3.05, 3.63) is 158 Å². The molecular formula is C42H26N2. The average molecular weight is 559 g/mol. The van der Waals surface area contributed by atoms with Crippen molar-refractivity contribution >= 4 is 75.9 Å². The van der Waals surface area contributed by atoms with E-state index >= 15 is 0 Å². The van der Waals surface area contributed by atoms with Gasteiger partial charge in [0.1, 0.15) is 0 Å². The first-order valence-electron chi connectivity index (χ1n) is 15.2. The fraction of sp³-hybridized carbons (Fsp3) is 0. The molecular weight excluding hydrogens is 532 g/mol. The zero-order valence-electron chi connectivity index (χ0n) is 23.9. The van der Waals surface area contributed by atoms with Crippen molar-refractivity contribution in [2.75, 3.05) is 0 Å². The number of fused-ring (bicyclic) bond motifs is 10. The van der Waals surface area contributed by atoms with Gasteiger partial charge < -0.3 is 9.13 Å². The van der Waals surface area contributed by atoms with Crippen LogP contribution in [0, 0.1) is 0 Å². The lowest BCUT2D eigenvalue weighted by atomic mass is 9.95. The molecule has 204 valence electrons. The van der Waals surface area contributed by atoms with Crippen molar-refractivity contribution < 1.29 is 0 Å². The summed E-state index contributed by atoms with van der Waals surface area (Å²) in [6.07, 6.45) is 0. The van der Waals surface area contributed by atoms with E-state index in [1.54, 1.807) is 0 Å². The second kappa shape index (κ2) is 8.82. The van der Waals surface area contributed by atoms with Crippen molar-refractivity contribution in [1.82, 2.24) is 9.13 Å². The Bertz CT molecular complexity index is 2670. The van der Waals surface area contributed by atoms with Crippen LogP contribution in [0.25, 0.3) is 87.3 Å². The maximum atomic E-state index is 2.48. The SMILES string of the molecule is c1ccc2c(-n3c4ccccc4c4ccccc43)c3ccc4ccc(-n5c6ccccc6c6ccccc65)cc4c3cc2c1. The summed E-state index contributed by atoms with van der Waals surface area (Å²) in [5.74, 6) is 0. The molecule has 0 saturated heterocycles. The Morgan fingerprint density at radius 1 is 0.273 bits per heavy atom. The smallest absolute Gasteiger partial charge is 0.0619 e. The fourth-order valence-corrected chi connectivity index (χ4v) is 7.58. The van der Waals surface area contributed by atoms with E-state index in [1.165, 1.54) is 87.3 Å². The van der Waals surface area contributed by atoms with Gasteiger partial charge in [0.05, 0.1) is 27.8 Å². The van der Waals surface area contributed by atoms with Gasteiger partial charge in [0.25, 0.3) is 0 Å². The van der Waals surface area contributed by atoms with E-state index in [9.17, 15) is 0 Å². The third-order valence-corrected chi connectivity index (χ3v) is 9.46. The predicted octanol–water partition coefficient (Wildman–Crippen LogP) is 11.3. The third kappa shape index (κ3) is 3.14. The predicted molar refractivity (Wildman–Crippen MR) is 188 cm³/mol. The van der Waals surface area contributed by atoms with Crippen LogP contribution in [0.2, 0.25) is 0 Å². The molecule has 2 heterocycles. The Balaban J connectivity index is 1.36. The van der Waals surface area contributed by atoms with Crippen LogP contribution in [0.4, 0.5) is 0 Å². The molecule has 2 aromatic heterocycles. The van der Waals surface area contributed by atoms with E-state index in [4.69, 9.17) is 0 Å². The molecule has 0 radical (unpaired) electrons. The van der Waals surface area contributed by atoms with Gasteiger partial charge in [-0.05, 0) is 64.0 Å². The van der Waals surface area contributed by atoms with Gasteiger partial charge in [-0.25, -0.2) is 0 Å². The molecule has 10 rings (SSSR count). The van der Waals surface area contributed by atoms with Crippen LogP contribution in [0.3, 0.4) is 0 Å². The summed E-state index contributed by atoms with van der Waals surface area (Å²) < 4.78 is 4.90. The van der Waals surface area contributed by atoms with Gasteiger partial charge in [-0.1, -0.05) is 115 Å². The summed E-state index contributed by atoms with van der Waals surface area (Å²) >= 11 is 0. The summed E-state index contributed by atoms with van der Waals surface area (Å²) in [5, 5.41) is 12.6. The van der Waals surface area contributed by atoms with Crippen LogP contribution in [0.1, 0.15) is 0 Å². The summed E-state index contributed by atoms with van der Waals surface area (Å²) in [6, 6.07) is 57.8. The van der Waals surface area contributed by atoms with Crippen molar-refractivity contribution in [3.8, 4) is 11.4 Å². The first kappa shape index (κ1) is 23.7. The highest BCUT2D eigenvalue weighted by Crippen LogP contribution is 2.41. The first-order valence-corrected chi connectivity index (χ1v) is 15.2. The lowest BCUT2D eigenvalue weighted by molar-refractivity contribution is 1.19. The number of para-hydroxylation sites is 4. The number of hydrogen-bond acceptors (Lipinski definition) is 0. The Morgan fingerprint density at radius 2 is 0.750 bits per heavy atom. The summed E-state index contributed by atoms with van der Waals surface area (Å²) in [4.78, 5) is 0. The number of benzene rings is 8. The molecule has 44 heavy (non-hydrogen) atoms. The van der Waals surface area contributed by atoms with Crippen LogP contribution in [0.15, 0.2) is 158 Å². The van der Waals surface area contributed by atoms with Crippen molar-refractivity contribution in [2.24, 2.45) is 0 Å². The molecule has 2 heteroatoms. The van der Waals surface area contributed by atoms with Crippen LogP contribution in [-0.2, 0) is 0 Å². The summed E-state index contributed by atoms with van der Waals surface area (Å²) in [6.45, 7) is 0. The van der Waals surface area contributed by atoms with Crippen molar-refractivity contribution in [2.45, 2.75) is 0 Å². The summed E-state index contributed by atoms with van der Waals surface area (Å²) in [5.41, 5.74) is 7.32. The lowest BCUT2D eigenvalue weighted by Gasteiger charge is -2.17. The molecule has 0 bridgehead atoms. The number of aromatic nitrogens is 2. The minimum absolute atomic E-state index is 1.17. The molecule has 0 N–H and O–H groups in total. The highest BCUT2D eigenvalue weighted by Gasteiger charge is 2.18. The highest BCUT2D eigenvalue weighted by atomic mass is 15.0. The molecule has 0 spiro atoms. The largest absolute Gasteiger partial charge is 0.309 e. The minimum atomic E-state index is 1.17. The van der Waals surface area contributed by atoms with Crippen LogP contribution in [-0.4, -0.2) is 9.13 Å². The van der Waals surface area contributed by atoms with Crippen molar-refractivity contribution in [3.63, 3.8) is 0 Å². The monoisotopic (exact) mass is 558 g/mol. The Hall–Kier alpha value is -5.86. The molecule has 0 atom stereocenters. The van der Waals surface area contributed by atoms with E-state index in [1.807, 2.05) is 0 Å². The van der Waals surface area contributed by atoms with E-state index in [0.717, 1.165) is 0 Å². The molecule has 10 aromatic rings. The topological polar surface area (TPSA) is 9.86 Å². The van der Waals surface area contributed by atoms with Crippen LogP contribution < -0.4 is 0 Å². The van der Waals surface area contributed by atoms with E-state index in [-0.39, 0.29) is 0 Å². The Labute approximate surface area is 253 Å². The molecule has 2 nitrogen and oxygen atoms in total. The second-order valence-corrected chi connectivity index (χ2v) is 11.8. The third-order valence-electron chi connectivity index (χ3n) is 9.46. The van der Waals surface area contributed by atoms with Gasteiger partial charge in [-0.2, -0.15) is 0 Å². The van der Waals surface area contributed by atoms with Crippen LogP contribution >= 0.6 is 0 Å². The van der Waals surface area contributed by atoms with Gasteiger partial charge in [0.2, 0.25) is 0 Å². The molecule has 0 aliphatic rings. The number of rotatable bonds is 2.